The largest absolute Gasteiger partial charge is 0.497 e. The first-order valence-corrected chi connectivity index (χ1v) is 13.4. The number of anilines is 1. The second-order valence-corrected chi connectivity index (χ2v) is 11.0. The van der Waals surface area contributed by atoms with E-state index in [-0.39, 0.29) is 36.4 Å². The van der Waals surface area contributed by atoms with Gasteiger partial charge in [-0.05, 0) is 43.7 Å². The maximum absolute atomic E-state index is 13.4. The van der Waals surface area contributed by atoms with Crippen molar-refractivity contribution in [3.63, 3.8) is 0 Å². The molecule has 6 atom stereocenters. The smallest absolute Gasteiger partial charge is 0.322 e. The number of imide groups is 1. The monoisotopic (exact) mass is 548 g/mol. The summed E-state index contributed by atoms with van der Waals surface area (Å²) < 4.78 is 11.6. The van der Waals surface area contributed by atoms with Crippen molar-refractivity contribution in [3.8, 4) is 11.5 Å². The van der Waals surface area contributed by atoms with Gasteiger partial charge in [-0.1, -0.05) is 25.1 Å². The Balaban J connectivity index is 1.27. The molecule has 6 rings (SSSR count). The number of hydrogen-bond acceptors (Lipinski definition) is 9. The summed E-state index contributed by atoms with van der Waals surface area (Å²) in [7, 11) is 1.54. The van der Waals surface area contributed by atoms with Gasteiger partial charge in [0, 0.05) is 23.9 Å². The lowest BCUT2D eigenvalue weighted by Crippen LogP contribution is -2.64. The molecule has 40 heavy (non-hydrogen) atoms. The van der Waals surface area contributed by atoms with Crippen molar-refractivity contribution >= 4 is 29.4 Å². The highest BCUT2D eigenvalue weighted by Gasteiger charge is 2.59. The highest BCUT2D eigenvalue weighted by Crippen LogP contribution is 2.43. The van der Waals surface area contributed by atoms with Crippen LogP contribution < -0.4 is 25.4 Å². The Bertz CT molecular complexity index is 1440. The van der Waals surface area contributed by atoms with Gasteiger partial charge >= 0.3 is 6.03 Å². The molecule has 4 amide bonds. The summed E-state index contributed by atoms with van der Waals surface area (Å²) in [5.74, 6) is 0.719. The van der Waals surface area contributed by atoms with Crippen LogP contribution in [0.3, 0.4) is 0 Å². The molecule has 2 aromatic rings. The quantitative estimate of drug-likeness (QED) is 0.467. The van der Waals surface area contributed by atoms with Crippen LogP contribution in [-0.4, -0.2) is 70.9 Å². The number of carbonyl (C=O) groups excluding carboxylic acids is 3. The van der Waals surface area contributed by atoms with Crippen LogP contribution in [0, 0.1) is 5.92 Å². The molecule has 1 saturated heterocycles. The number of nitrogens with zero attached hydrogens (tertiary/aromatic N) is 3. The lowest BCUT2D eigenvalue weighted by molar-refractivity contribution is -0.128. The van der Waals surface area contributed by atoms with Crippen LogP contribution in [0.1, 0.15) is 55.2 Å². The highest BCUT2D eigenvalue weighted by molar-refractivity contribution is 6.08. The van der Waals surface area contributed by atoms with E-state index < -0.39 is 23.6 Å². The molecule has 0 aliphatic carbocycles. The molecule has 4 aliphatic rings. The Morgan fingerprint density at radius 2 is 1.95 bits per heavy atom. The first-order valence-electron chi connectivity index (χ1n) is 13.4. The number of aromatic nitrogens is 1. The zero-order chi connectivity index (χ0) is 28.3. The van der Waals surface area contributed by atoms with Gasteiger partial charge < -0.3 is 29.8 Å². The maximum atomic E-state index is 13.4. The number of carbonyl (C=O) groups is 3. The summed E-state index contributed by atoms with van der Waals surface area (Å²) in [4.78, 5) is 51.2. The highest BCUT2D eigenvalue weighted by atomic mass is 16.6. The molecule has 3 N–H and O–H groups in total. The first-order chi connectivity index (χ1) is 19.1. The van der Waals surface area contributed by atoms with E-state index >= 15 is 0 Å². The first kappa shape index (κ1) is 25.9. The molecular weight excluding hydrogens is 516 g/mol. The number of pyridine rings is 1. The van der Waals surface area contributed by atoms with Gasteiger partial charge in [0.15, 0.2) is 5.54 Å². The minimum absolute atomic E-state index is 0.0378. The number of benzene rings is 1. The van der Waals surface area contributed by atoms with Gasteiger partial charge in [0.2, 0.25) is 0 Å². The Hall–Kier alpha value is -4.35. The average Bonchev–Trinajstić information content (AvgIpc) is 3.54. The number of oxime groups is 1. The van der Waals surface area contributed by atoms with E-state index in [0.29, 0.717) is 35.1 Å². The summed E-state index contributed by atoms with van der Waals surface area (Å²) in [6.07, 6.45) is -0.953. The predicted octanol–water partition coefficient (Wildman–Crippen LogP) is 2.40. The van der Waals surface area contributed by atoms with Crippen molar-refractivity contribution in [2.24, 2.45) is 11.1 Å². The molecule has 1 aromatic carbocycles. The standard InChI is InChI=1S/C28H32N6O6/c1-13-15(3)33-40-16(4)22(13)29-21-9-8-20-23(30-21)14(2)24(39-20)28(26(36)31-27(37)32-28)12-34-11-17-6-7-18(38-5)10-19(17)25(34)35/h6-10,13-14,16,22,24H,11-12H2,1-5H3,(H,29,30)(H2,31,32,36,37). The molecule has 12 nitrogen and oxygen atoms in total. The van der Waals surface area contributed by atoms with Crippen molar-refractivity contribution in [3.05, 3.63) is 47.2 Å². The van der Waals surface area contributed by atoms with E-state index in [4.69, 9.17) is 19.3 Å². The molecule has 0 radical (unpaired) electrons. The lowest BCUT2D eigenvalue weighted by atomic mass is 9.83. The van der Waals surface area contributed by atoms with Gasteiger partial charge in [-0.2, -0.15) is 0 Å². The van der Waals surface area contributed by atoms with Gasteiger partial charge in [0.05, 0.1) is 31.1 Å². The molecule has 1 fully saturated rings. The summed E-state index contributed by atoms with van der Waals surface area (Å²) in [5.41, 5.74) is 1.38. The van der Waals surface area contributed by atoms with Crippen LogP contribution in [0.5, 0.6) is 11.5 Å². The summed E-state index contributed by atoms with van der Waals surface area (Å²) in [5, 5.41) is 12.8. The Kier molecular flexibility index (Phi) is 6.08. The number of hydrogen-bond donors (Lipinski definition) is 3. The summed E-state index contributed by atoms with van der Waals surface area (Å²) in [6, 6.07) is 8.28. The van der Waals surface area contributed by atoms with Crippen molar-refractivity contribution in [2.45, 2.75) is 63.9 Å². The van der Waals surface area contributed by atoms with Crippen LogP contribution in [0.15, 0.2) is 35.5 Å². The van der Waals surface area contributed by atoms with Crippen molar-refractivity contribution in [2.75, 3.05) is 19.0 Å². The fourth-order valence-corrected chi connectivity index (χ4v) is 6.08. The second-order valence-electron chi connectivity index (χ2n) is 11.0. The molecule has 210 valence electrons. The van der Waals surface area contributed by atoms with E-state index in [2.05, 4.69) is 28.0 Å². The van der Waals surface area contributed by atoms with E-state index in [1.165, 1.54) is 7.11 Å². The SMILES string of the molecule is COc1ccc2c(c1)C(=O)N(CC1(C3Oc4ccc(NC5C(C)ON=C(C)C5C)nc4C3C)NC(=O)NC1=O)C2. The van der Waals surface area contributed by atoms with Crippen LogP contribution >= 0.6 is 0 Å². The molecule has 6 unspecified atom stereocenters. The Morgan fingerprint density at radius 1 is 1.15 bits per heavy atom. The summed E-state index contributed by atoms with van der Waals surface area (Å²) in [6.45, 7) is 8.11. The van der Waals surface area contributed by atoms with Crippen molar-refractivity contribution in [1.82, 2.24) is 20.5 Å². The number of methoxy groups -OCH3 is 1. The molecule has 1 aromatic heterocycles. The molecule has 0 saturated carbocycles. The third kappa shape index (κ3) is 4.00. The maximum Gasteiger partial charge on any atom is 0.322 e. The third-order valence-electron chi connectivity index (χ3n) is 8.50. The number of urea groups is 1. The molecule has 0 spiro atoms. The average molecular weight is 549 g/mol. The van der Waals surface area contributed by atoms with Gasteiger partial charge in [0.1, 0.15) is 29.5 Å². The normalized spacial score (nSPS) is 30.5. The Labute approximate surface area is 231 Å². The van der Waals surface area contributed by atoms with Crippen molar-refractivity contribution in [1.29, 1.82) is 0 Å². The number of fused-ring (bicyclic) bond motifs is 2. The van der Waals surface area contributed by atoms with Gasteiger partial charge in [-0.25, -0.2) is 9.78 Å². The number of rotatable bonds is 6. The van der Waals surface area contributed by atoms with Gasteiger partial charge in [-0.3, -0.25) is 14.9 Å². The van der Waals surface area contributed by atoms with Crippen LogP contribution in [0.4, 0.5) is 10.6 Å². The van der Waals surface area contributed by atoms with E-state index in [9.17, 15) is 14.4 Å². The minimum atomic E-state index is -1.51. The molecule has 5 heterocycles. The van der Waals surface area contributed by atoms with Crippen LogP contribution in [0.2, 0.25) is 0 Å². The topological polar surface area (TPSA) is 143 Å². The van der Waals surface area contributed by atoms with Crippen LogP contribution in [-0.2, 0) is 16.2 Å². The van der Waals surface area contributed by atoms with Crippen molar-refractivity contribution < 1.29 is 28.7 Å². The Morgan fingerprint density at radius 3 is 2.67 bits per heavy atom. The molecule has 4 aliphatic heterocycles. The zero-order valence-electron chi connectivity index (χ0n) is 23.0. The van der Waals surface area contributed by atoms with E-state index in [1.807, 2.05) is 39.0 Å². The molecular formula is C28H32N6O6. The lowest BCUT2D eigenvalue weighted by Gasteiger charge is -2.36. The fourth-order valence-electron chi connectivity index (χ4n) is 6.08. The summed E-state index contributed by atoms with van der Waals surface area (Å²) >= 11 is 0. The number of amides is 4. The second kappa shape index (κ2) is 9.39. The predicted molar refractivity (Wildman–Crippen MR) is 144 cm³/mol. The van der Waals surface area contributed by atoms with Crippen LogP contribution in [0.25, 0.3) is 0 Å². The molecule has 12 heteroatoms. The van der Waals surface area contributed by atoms with E-state index in [0.717, 1.165) is 11.3 Å². The molecule has 0 bridgehead atoms. The number of ether oxygens (including phenoxy) is 2. The third-order valence-corrected chi connectivity index (χ3v) is 8.50. The fraction of sp³-hybridized carbons (Fsp3) is 0.464. The van der Waals surface area contributed by atoms with E-state index in [1.54, 1.807) is 17.0 Å². The minimum Gasteiger partial charge on any atom is -0.497 e. The number of nitrogens with one attached hydrogen (secondary N) is 3. The van der Waals surface area contributed by atoms with Gasteiger partial charge in [0.25, 0.3) is 11.8 Å². The zero-order valence-corrected chi connectivity index (χ0v) is 23.0. The van der Waals surface area contributed by atoms with Gasteiger partial charge in [-0.15, -0.1) is 0 Å².